The van der Waals surface area contributed by atoms with Crippen molar-refractivity contribution in [1.82, 2.24) is 4.90 Å². The molecule has 2 aliphatic heterocycles. The first-order chi connectivity index (χ1) is 13.5. The van der Waals surface area contributed by atoms with Gasteiger partial charge in [-0.15, -0.1) is 0 Å². The van der Waals surface area contributed by atoms with Crippen LogP contribution in [0.4, 0.5) is 10.1 Å². The van der Waals surface area contributed by atoms with Crippen LogP contribution in [0.25, 0.3) is 0 Å². The first-order valence-electron chi connectivity index (χ1n) is 9.21. The van der Waals surface area contributed by atoms with Crippen molar-refractivity contribution < 1.29 is 18.8 Å². The number of nitrogens with zero attached hydrogens (tertiary/aromatic N) is 2. The largest absolute Gasteiger partial charge is 0.386 e. The molecule has 4 rings (SSSR count). The molecule has 1 N–H and O–H groups in total. The molecule has 144 valence electrons. The summed E-state index contributed by atoms with van der Waals surface area (Å²) in [6.45, 7) is 0.932. The van der Waals surface area contributed by atoms with Gasteiger partial charge in [0.05, 0.1) is 6.54 Å². The fourth-order valence-electron chi connectivity index (χ4n) is 3.63. The Kier molecular flexibility index (Phi) is 4.81. The Morgan fingerprint density at radius 1 is 1.11 bits per heavy atom. The lowest BCUT2D eigenvalue weighted by Gasteiger charge is -2.38. The zero-order valence-corrected chi connectivity index (χ0v) is 15.2. The van der Waals surface area contributed by atoms with Gasteiger partial charge in [-0.25, -0.2) is 4.39 Å². The minimum Gasteiger partial charge on any atom is -0.386 e. The first-order valence-corrected chi connectivity index (χ1v) is 9.21. The number of halogens is 1. The van der Waals surface area contributed by atoms with Gasteiger partial charge < -0.3 is 15.1 Å². The third-order valence-corrected chi connectivity index (χ3v) is 5.05. The molecule has 1 fully saturated rings. The highest BCUT2D eigenvalue weighted by Gasteiger charge is 2.45. The summed E-state index contributed by atoms with van der Waals surface area (Å²) >= 11 is 0. The Bertz CT molecular complexity index is 914. The molecule has 1 saturated heterocycles. The minimum atomic E-state index is -0.683. The monoisotopic (exact) mass is 381 g/mol. The third-order valence-electron chi connectivity index (χ3n) is 5.05. The van der Waals surface area contributed by atoms with E-state index in [4.69, 9.17) is 4.84 Å². The average molecular weight is 381 g/mol. The molecule has 2 aliphatic rings. The molecule has 1 spiro atoms. The van der Waals surface area contributed by atoms with Crippen molar-refractivity contribution in [2.24, 2.45) is 5.16 Å². The van der Waals surface area contributed by atoms with Crippen LogP contribution in [-0.4, -0.2) is 41.1 Å². The van der Waals surface area contributed by atoms with Crippen molar-refractivity contribution in [3.63, 3.8) is 0 Å². The van der Waals surface area contributed by atoms with E-state index < -0.39 is 5.60 Å². The molecule has 28 heavy (non-hydrogen) atoms. The Morgan fingerprint density at radius 3 is 2.61 bits per heavy atom. The first kappa shape index (κ1) is 18.2. The standard InChI is InChI=1S/C21H20FN3O3/c22-16-9-7-15(8-10-16)20(27)25-12-4-11-21(14-25)13-18(24-28-21)19(26)23-17-5-2-1-3-6-17/h1-3,5-10H,4,11-14H2,(H,23,26)/t21-/m0/s1. The Labute approximate surface area is 162 Å². The van der Waals surface area contributed by atoms with Gasteiger partial charge in [0.2, 0.25) is 0 Å². The zero-order chi connectivity index (χ0) is 19.6. The van der Waals surface area contributed by atoms with Crippen LogP contribution in [0.5, 0.6) is 0 Å². The Hall–Kier alpha value is -3.22. The van der Waals surface area contributed by atoms with E-state index in [1.54, 1.807) is 17.0 Å². The molecule has 0 unspecified atom stereocenters. The fraction of sp³-hybridized carbons (Fsp3) is 0.286. The highest BCUT2D eigenvalue weighted by atomic mass is 19.1. The average Bonchev–Trinajstić information content (AvgIpc) is 3.12. The van der Waals surface area contributed by atoms with E-state index in [9.17, 15) is 14.0 Å². The van der Waals surface area contributed by atoms with E-state index in [1.165, 1.54) is 24.3 Å². The second kappa shape index (κ2) is 7.42. The van der Waals surface area contributed by atoms with Gasteiger partial charge in [-0.05, 0) is 49.2 Å². The van der Waals surface area contributed by atoms with Gasteiger partial charge in [-0.1, -0.05) is 23.4 Å². The Balaban J connectivity index is 1.41. The van der Waals surface area contributed by atoms with Crippen LogP contribution in [0.1, 0.15) is 29.6 Å². The number of amides is 2. The van der Waals surface area contributed by atoms with Gasteiger partial charge >= 0.3 is 0 Å². The van der Waals surface area contributed by atoms with E-state index in [0.29, 0.717) is 42.9 Å². The molecule has 2 amide bonds. The maximum absolute atomic E-state index is 13.1. The molecule has 1 atom stereocenters. The van der Waals surface area contributed by atoms with E-state index in [0.717, 1.165) is 6.42 Å². The summed E-state index contributed by atoms with van der Waals surface area (Å²) < 4.78 is 13.1. The molecule has 0 aliphatic carbocycles. The predicted molar refractivity (Wildman–Crippen MR) is 102 cm³/mol. The SMILES string of the molecule is O=C(Nc1ccccc1)C1=NO[C@@]2(CCCN(C(=O)c3ccc(F)cc3)C2)C1. The highest BCUT2D eigenvalue weighted by molar-refractivity contribution is 6.43. The molecular weight excluding hydrogens is 361 g/mol. The summed E-state index contributed by atoms with van der Waals surface area (Å²) in [5.74, 6) is -0.858. The van der Waals surface area contributed by atoms with Crippen LogP contribution in [0.2, 0.25) is 0 Å². The van der Waals surface area contributed by atoms with Crippen LogP contribution >= 0.6 is 0 Å². The molecule has 2 aromatic carbocycles. The van der Waals surface area contributed by atoms with Crippen LogP contribution in [0, 0.1) is 5.82 Å². The van der Waals surface area contributed by atoms with Gasteiger partial charge in [0.15, 0.2) is 5.60 Å². The molecular formula is C21H20FN3O3. The topological polar surface area (TPSA) is 71.0 Å². The van der Waals surface area contributed by atoms with Crippen molar-refractivity contribution >= 4 is 23.2 Å². The molecule has 7 heteroatoms. The second-order valence-electron chi connectivity index (χ2n) is 7.15. The third kappa shape index (κ3) is 3.74. The lowest BCUT2D eigenvalue weighted by atomic mass is 9.87. The van der Waals surface area contributed by atoms with E-state index in [-0.39, 0.29) is 17.6 Å². The van der Waals surface area contributed by atoms with E-state index in [2.05, 4.69) is 10.5 Å². The van der Waals surface area contributed by atoms with Gasteiger partial charge in [0.1, 0.15) is 11.5 Å². The number of benzene rings is 2. The molecule has 2 aromatic rings. The summed E-state index contributed by atoms with van der Waals surface area (Å²) in [4.78, 5) is 32.6. The predicted octanol–water partition coefficient (Wildman–Crippen LogP) is 3.22. The number of carbonyl (C=O) groups is 2. The normalized spacial score (nSPS) is 21.2. The van der Waals surface area contributed by atoms with E-state index >= 15 is 0 Å². The van der Waals surface area contributed by atoms with Crippen molar-refractivity contribution in [2.45, 2.75) is 24.9 Å². The van der Waals surface area contributed by atoms with Crippen molar-refractivity contribution in [1.29, 1.82) is 0 Å². The second-order valence-corrected chi connectivity index (χ2v) is 7.15. The van der Waals surface area contributed by atoms with Gasteiger partial charge in [0, 0.05) is 24.2 Å². The molecule has 6 nitrogen and oxygen atoms in total. The van der Waals surface area contributed by atoms with Gasteiger partial charge in [0.25, 0.3) is 11.8 Å². The van der Waals surface area contributed by atoms with Crippen LogP contribution in [0.3, 0.4) is 0 Å². The van der Waals surface area contributed by atoms with Crippen molar-refractivity contribution in [2.75, 3.05) is 18.4 Å². The molecule has 0 saturated carbocycles. The van der Waals surface area contributed by atoms with Crippen LogP contribution < -0.4 is 5.32 Å². The number of piperidine rings is 1. The number of hydrogen-bond acceptors (Lipinski definition) is 4. The van der Waals surface area contributed by atoms with Crippen LogP contribution in [0.15, 0.2) is 59.8 Å². The minimum absolute atomic E-state index is 0.176. The molecule has 0 bridgehead atoms. The molecule has 2 heterocycles. The number of likely N-dealkylation sites (tertiary alicyclic amines) is 1. The number of carbonyl (C=O) groups excluding carboxylic acids is 2. The summed E-state index contributed by atoms with van der Waals surface area (Å²) in [6, 6.07) is 14.6. The Morgan fingerprint density at radius 2 is 1.86 bits per heavy atom. The summed E-state index contributed by atoms with van der Waals surface area (Å²) in [5.41, 5.74) is 0.754. The van der Waals surface area contributed by atoms with E-state index in [1.807, 2.05) is 18.2 Å². The maximum atomic E-state index is 13.1. The lowest BCUT2D eigenvalue weighted by Crippen LogP contribution is -2.50. The summed E-state index contributed by atoms with van der Waals surface area (Å²) in [7, 11) is 0. The van der Waals surface area contributed by atoms with Crippen molar-refractivity contribution in [3.8, 4) is 0 Å². The van der Waals surface area contributed by atoms with Crippen LogP contribution in [-0.2, 0) is 9.63 Å². The number of nitrogens with one attached hydrogen (secondary N) is 1. The number of rotatable bonds is 3. The number of para-hydroxylation sites is 1. The quantitative estimate of drug-likeness (QED) is 0.887. The van der Waals surface area contributed by atoms with Gasteiger partial charge in [-0.2, -0.15) is 0 Å². The smallest absolute Gasteiger partial charge is 0.273 e. The summed E-state index contributed by atoms with van der Waals surface area (Å²) in [5, 5.41) is 6.81. The number of hydrogen-bond donors (Lipinski definition) is 1. The maximum Gasteiger partial charge on any atom is 0.273 e. The lowest BCUT2D eigenvalue weighted by molar-refractivity contribution is -0.110. The molecule has 0 radical (unpaired) electrons. The zero-order valence-electron chi connectivity index (χ0n) is 15.2. The van der Waals surface area contributed by atoms with Gasteiger partial charge in [-0.3, -0.25) is 9.59 Å². The fourth-order valence-corrected chi connectivity index (χ4v) is 3.63. The molecule has 0 aromatic heterocycles. The number of anilines is 1. The van der Waals surface area contributed by atoms with Crippen molar-refractivity contribution in [3.05, 3.63) is 66.0 Å². The number of oxime groups is 1. The summed E-state index contributed by atoms with van der Waals surface area (Å²) in [6.07, 6.45) is 1.81. The highest BCUT2D eigenvalue weighted by Crippen LogP contribution is 2.34.